The van der Waals surface area contributed by atoms with Crippen molar-refractivity contribution in [3.05, 3.63) is 71.9 Å². The maximum absolute atomic E-state index is 12.2. The van der Waals surface area contributed by atoms with Gasteiger partial charge in [-0.1, -0.05) is 42.5 Å². The second kappa shape index (κ2) is 8.43. The molecule has 1 amide bonds. The highest BCUT2D eigenvalue weighted by Gasteiger charge is 2.10. The third kappa shape index (κ3) is 4.79. The first kappa shape index (κ1) is 17.9. The van der Waals surface area contributed by atoms with Crippen LogP contribution in [0.5, 0.6) is 5.75 Å². The van der Waals surface area contributed by atoms with Crippen molar-refractivity contribution in [2.45, 2.75) is 0 Å². The number of aliphatic carboxylic acids is 1. The molecule has 3 rings (SSSR count). The highest BCUT2D eigenvalue weighted by Crippen LogP contribution is 2.17. The number of aromatic amines is 1. The summed E-state index contributed by atoms with van der Waals surface area (Å²) in [5, 5.41) is 19.4. The number of carbonyl (C=O) groups is 2. The van der Waals surface area contributed by atoms with E-state index in [0.717, 1.165) is 5.56 Å². The molecule has 0 saturated carbocycles. The zero-order valence-corrected chi connectivity index (χ0v) is 14.1. The number of hydrogen-bond donors (Lipinski definition) is 3. The number of aromatic nitrogens is 2. The topological polar surface area (TPSA) is 117 Å². The fourth-order valence-corrected chi connectivity index (χ4v) is 2.27. The van der Waals surface area contributed by atoms with Gasteiger partial charge in [0.05, 0.1) is 11.9 Å². The van der Waals surface area contributed by atoms with Gasteiger partial charge in [-0.3, -0.25) is 9.89 Å². The summed E-state index contributed by atoms with van der Waals surface area (Å²) in [5.74, 6) is -1.18. The lowest BCUT2D eigenvalue weighted by Crippen LogP contribution is -2.18. The highest BCUT2D eigenvalue weighted by atomic mass is 16.5. The molecule has 3 N–H and O–H groups in total. The molecule has 0 unspecified atom stereocenters. The summed E-state index contributed by atoms with van der Waals surface area (Å²) in [6.45, 7) is -0.465. The lowest BCUT2D eigenvalue weighted by molar-refractivity contribution is -0.139. The van der Waals surface area contributed by atoms with Crippen molar-refractivity contribution in [2.24, 2.45) is 5.10 Å². The Morgan fingerprint density at radius 1 is 1.15 bits per heavy atom. The molecule has 0 aliphatic heterocycles. The fraction of sp³-hybridized carbons (Fsp3) is 0.0526. The number of rotatable bonds is 7. The standard InChI is InChI=1S/C19H16N4O4/c24-18(25)12-27-17-9-5-4-8-14(17)11-20-23-19(26)16-10-15(21-22-16)13-6-2-1-3-7-13/h1-11H,12H2,(H,21,22)(H,23,26)(H,24,25)/b20-11-. The quantitative estimate of drug-likeness (QED) is 0.439. The third-order valence-electron chi connectivity index (χ3n) is 3.53. The second-order valence-corrected chi connectivity index (χ2v) is 5.45. The predicted molar refractivity (Wildman–Crippen MR) is 98.7 cm³/mol. The Labute approximate surface area is 154 Å². The average Bonchev–Trinajstić information content (AvgIpc) is 3.18. The Hall–Kier alpha value is -3.94. The van der Waals surface area contributed by atoms with Crippen LogP contribution < -0.4 is 10.2 Å². The van der Waals surface area contributed by atoms with Crippen molar-refractivity contribution < 1.29 is 19.4 Å². The molecule has 0 fully saturated rings. The van der Waals surface area contributed by atoms with Crippen molar-refractivity contribution in [3.8, 4) is 17.0 Å². The Bertz CT molecular complexity index is 967. The minimum absolute atomic E-state index is 0.265. The van der Waals surface area contributed by atoms with Crippen molar-refractivity contribution >= 4 is 18.1 Å². The van der Waals surface area contributed by atoms with Gasteiger partial charge in [-0.25, -0.2) is 10.2 Å². The van der Waals surface area contributed by atoms with Gasteiger partial charge in [-0.2, -0.15) is 10.2 Å². The molecule has 0 saturated heterocycles. The van der Waals surface area contributed by atoms with Gasteiger partial charge in [0.25, 0.3) is 5.91 Å². The van der Waals surface area contributed by atoms with E-state index in [4.69, 9.17) is 9.84 Å². The van der Waals surface area contributed by atoms with E-state index in [2.05, 4.69) is 20.7 Å². The number of carboxylic acids is 1. The maximum atomic E-state index is 12.2. The van der Waals surface area contributed by atoms with E-state index in [9.17, 15) is 9.59 Å². The highest BCUT2D eigenvalue weighted by molar-refractivity contribution is 5.94. The number of ether oxygens (including phenoxy) is 1. The van der Waals surface area contributed by atoms with E-state index in [0.29, 0.717) is 17.0 Å². The van der Waals surface area contributed by atoms with Gasteiger partial charge >= 0.3 is 5.97 Å². The summed E-state index contributed by atoms with van der Waals surface area (Å²) in [4.78, 5) is 22.8. The normalized spacial score (nSPS) is 10.7. The van der Waals surface area contributed by atoms with Crippen LogP contribution in [0.2, 0.25) is 0 Å². The van der Waals surface area contributed by atoms with E-state index < -0.39 is 18.5 Å². The van der Waals surface area contributed by atoms with Crippen LogP contribution in [-0.4, -0.2) is 40.0 Å². The summed E-state index contributed by atoms with van der Waals surface area (Å²) in [5.41, 5.74) is 4.73. The largest absolute Gasteiger partial charge is 0.481 e. The molecule has 27 heavy (non-hydrogen) atoms. The van der Waals surface area contributed by atoms with Crippen LogP contribution in [0.25, 0.3) is 11.3 Å². The van der Waals surface area contributed by atoms with Gasteiger partial charge in [0.2, 0.25) is 0 Å². The van der Waals surface area contributed by atoms with Crippen molar-refractivity contribution in [3.63, 3.8) is 0 Å². The van der Waals surface area contributed by atoms with Crippen LogP contribution in [0.3, 0.4) is 0 Å². The lowest BCUT2D eigenvalue weighted by Gasteiger charge is -2.06. The van der Waals surface area contributed by atoms with Gasteiger partial charge in [0.15, 0.2) is 6.61 Å². The Kier molecular flexibility index (Phi) is 5.58. The van der Waals surface area contributed by atoms with Crippen molar-refractivity contribution in [1.82, 2.24) is 15.6 Å². The second-order valence-electron chi connectivity index (χ2n) is 5.45. The first-order valence-electron chi connectivity index (χ1n) is 8.01. The third-order valence-corrected chi connectivity index (χ3v) is 3.53. The number of amides is 1. The summed E-state index contributed by atoms with van der Waals surface area (Å²) in [7, 11) is 0. The Morgan fingerprint density at radius 2 is 1.89 bits per heavy atom. The molecule has 136 valence electrons. The van der Waals surface area contributed by atoms with E-state index >= 15 is 0 Å². The van der Waals surface area contributed by atoms with E-state index in [1.54, 1.807) is 30.3 Å². The Morgan fingerprint density at radius 3 is 2.67 bits per heavy atom. The molecule has 0 aliphatic rings. The van der Waals surface area contributed by atoms with E-state index in [1.165, 1.54) is 6.21 Å². The molecule has 3 aromatic rings. The monoisotopic (exact) mass is 364 g/mol. The predicted octanol–water partition coefficient (Wildman–Crippen LogP) is 2.30. The number of H-pyrrole nitrogens is 1. The lowest BCUT2D eigenvalue weighted by atomic mass is 10.1. The van der Waals surface area contributed by atoms with Gasteiger partial charge in [0.1, 0.15) is 11.4 Å². The first-order chi connectivity index (χ1) is 13.1. The number of nitrogens with zero attached hydrogens (tertiary/aromatic N) is 2. The van der Waals surface area contributed by atoms with Gasteiger partial charge < -0.3 is 9.84 Å². The van der Waals surface area contributed by atoms with Gasteiger partial charge in [-0.05, 0) is 18.2 Å². The molecule has 0 spiro atoms. The number of carbonyl (C=O) groups excluding carboxylic acids is 1. The molecule has 2 aromatic carbocycles. The molecule has 8 heteroatoms. The molecule has 0 radical (unpaired) electrons. The minimum Gasteiger partial charge on any atom is -0.481 e. The molecule has 0 atom stereocenters. The number of hydrogen-bond acceptors (Lipinski definition) is 5. The van der Waals surface area contributed by atoms with Crippen LogP contribution in [0.15, 0.2) is 65.8 Å². The number of nitrogens with one attached hydrogen (secondary N) is 2. The van der Waals surface area contributed by atoms with Gasteiger partial charge in [-0.15, -0.1) is 0 Å². The summed E-state index contributed by atoms with van der Waals surface area (Å²) < 4.78 is 5.17. The summed E-state index contributed by atoms with van der Waals surface area (Å²) in [6.07, 6.45) is 1.38. The van der Waals surface area contributed by atoms with Gasteiger partial charge in [0, 0.05) is 11.1 Å². The average molecular weight is 364 g/mol. The molecule has 0 bridgehead atoms. The van der Waals surface area contributed by atoms with Crippen molar-refractivity contribution in [1.29, 1.82) is 0 Å². The molecule has 0 aliphatic carbocycles. The van der Waals surface area contributed by atoms with Crippen LogP contribution in [0.4, 0.5) is 0 Å². The smallest absolute Gasteiger partial charge is 0.341 e. The number of carboxylic acid groups (broad SMARTS) is 1. The summed E-state index contributed by atoms with van der Waals surface area (Å²) >= 11 is 0. The molecular weight excluding hydrogens is 348 g/mol. The molecule has 1 aromatic heterocycles. The summed E-state index contributed by atoms with van der Waals surface area (Å²) in [6, 6.07) is 17.9. The SMILES string of the molecule is O=C(O)COc1ccccc1/C=N\NC(=O)c1cc(-c2ccccc2)n[nH]1. The van der Waals surface area contributed by atoms with Crippen LogP contribution >= 0.6 is 0 Å². The fourth-order valence-electron chi connectivity index (χ4n) is 2.27. The molecule has 1 heterocycles. The van der Waals surface area contributed by atoms with Crippen LogP contribution in [-0.2, 0) is 4.79 Å². The number of para-hydroxylation sites is 1. The van der Waals surface area contributed by atoms with E-state index in [-0.39, 0.29) is 5.69 Å². The number of hydrazone groups is 1. The number of benzene rings is 2. The van der Waals surface area contributed by atoms with E-state index in [1.807, 2.05) is 30.3 Å². The molecule has 8 nitrogen and oxygen atoms in total. The zero-order chi connectivity index (χ0) is 19.1. The maximum Gasteiger partial charge on any atom is 0.341 e. The first-order valence-corrected chi connectivity index (χ1v) is 8.01. The molecular formula is C19H16N4O4. The zero-order valence-electron chi connectivity index (χ0n) is 14.1. The van der Waals surface area contributed by atoms with Crippen LogP contribution in [0.1, 0.15) is 16.1 Å². The van der Waals surface area contributed by atoms with Crippen LogP contribution in [0, 0.1) is 0 Å². The van der Waals surface area contributed by atoms with Crippen molar-refractivity contribution in [2.75, 3.05) is 6.61 Å². The minimum atomic E-state index is -1.08. The Balaban J connectivity index is 1.64.